The molecule has 0 N–H and O–H groups in total. The maximum Gasteiger partial charge on any atom is 0.133 e. The number of hydrogen-bond donors (Lipinski definition) is 0. The number of unbranched alkanes of at least 4 members (excludes halogenated alkanes) is 1. The van der Waals surface area contributed by atoms with Gasteiger partial charge in [0, 0.05) is 19.3 Å². The minimum absolute atomic E-state index is 0.306. The average molecular weight is 222 g/mol. The molecular formula is C14H22O2. The van der Waals surface area contributed by atoms with Crippen molar-refractivity contribution < 1.29 is 9.59 Å². The Morgan fingerprint density at radius 3 is 2.81 bits per heavy atom. The second kappa shape index (κ2) is 5.11. The Balaban J connectivity index is 1.70. The molecule has 2 nitrogen and oxygen atoms in total. The minimum Gasteiger partial charge on any atom is -0.300 e. The number of Topliss-reactive ketones (excluding diaryl/α,β-unsaturated/α-hetero) is 2. The van der Waals surface area contributed by atoms with Crippen LogP contribution in [0.5, 0.6) is 0 Å². The molecule has 2 fully saturated rings. The summed E-state index contributed by atoms with van der Waals surface area (Å²) < 4.78 is 0. The van der Waals surface area contributed by atoms with E-state index in [0.29, 0.717) is 23.4 Å². The van der Waals surface area contributed by atoms with Crippen molar-refractivity contribution in [2.75, 3.05) is 0 Å². The molecule has 3 unspecified atom stereocenters. The normalized spacial score (nSPS) is 33.1. The van der Waals surface area contributed by atoms with Crippen LogP contribution in [-0.4, -0.2) is 11.6 Å². The SMILES string of the molecule is CC(=O)CCCCC1CCC2CC(=O)CC12. The predicted octanol–water partition coefficient (Wildman–Crippen LogP) is 3.14. The van der Waals surface area contributed by atoms with Gasteiger partial charge >= 0.3 is 0 Å². The summed E-state index contributed by atoms with van der Waals surface area (Å²) in [6.07, 6.45) is 8.48. The predicted molar refractivity (Wildman–Crippen MR) is 63.1 cm³/mol. The van der Waals surface area contributed by atoms with Crippen LogP contribution >= 0.6 is 0 Å². The lowest BCUT2D eigenvalue weighted by Gasteiger charge is -2.17. The van der Waals surface area contributed by atoms with Crippen molar-refractivity contribution in [2.45, 2.75) is 58.3 Å². The average Bonchev–Trinajstić information content (AvgIpc) is 2.72. The second-order valence-electron chi connectivity index (χ2n) is 5.66. The summed E-state index contributed by atoms with van der Waals surface area (Å²) in [6.45, 7) is 1.67. The quantitative estimate of drug-likeness (QED) is 0.670. The van der Waals surface area contributed by atoms with Gasteiger partial charge in [-0.2, -0.15) is 0 Å². The molecule has 90 valence electrons. The number of ketones is 2. The molecular weight excluding hydrogens is 200 g/mol. The van der Waals surface area contributed by atoms with Crippen LogP contribution in [0.25, 0.3) is 0 Å². The molecule has 0 bridgehead atoms. The van der Waals surface area contributed by atoms with Gasteiger partial charge in [-0.1, -0.05) is 12.8 Å². The number of carbonyl (C=O) groups is 2. The summed E-state index contributed by atoms with van der Waals surface area (Å²) in [7, 11) is 0. The highest BCUT2D eigenvalue weighted by molar-refractivity contribution is 5.81. The lowest BCUT2D eigenvalue weighted by molar-refractivity contribution is -0.118. The summed E-state index contributed by atoms with van der Waals surface area (Å²) in [4.78, 5) is 22.2. The summed E-state index contributed by atoms with van der Waals surface area (Å²) in [6, 6.07) is 0. The van der Waals surface area contributed by atoms with E-state index in [1.807, 2.05) is 0 Å². The fourth-order valence-electron chi connectivity index (χ4n) is 3.61. The van der Waals surface area contributed by atoms with E-state index in [1.54, 1.807) is 6.92 Å². The zero-order valence-electron chi connectivity index (χ0n) is 10.2. The number of fused-ring (bicyclic) bond motifs is 1. The third-order valence-electron chi connectivity index (χ3n) is 4.43. The van der Waals surface area contributed by atoms with Gasteiger partial charge in [0.2, 0.25) is 0 Å². The zero-order valence-corrected chi connectivity index (χ0v) is 10.2. The first-order chi connectivity index (χ1) is 7.66. The molecule has 0 aromatic carbocycles. The van der Waals surface area contributed by atoms with Crippen molar-refractivity contribution in [2.24, 2.45) is 17.8 Å². The lowest BCUT2D eigenvalue weighted by Crippen LogP contribution is -2.09. The highest BCUT2D eigenvalue weighted by Crippen LogP contribution is 2.47. The first-order valence-corrected chi connectivity index (χ1v) is 6.68. The number of carbonyl (C=O) groups excluding carboxylic acids is 2. The molecule has 2 heteroatoms. The molecule has 0 heterocycles. The van der Waals surface area contributed by atoms with E-state index in [4.69, 9.17) is 0 Å². The van der Waals surface area contributed by atoms with Crippen LogP contribution < -0.4 is 0 Å². The smallest absolute Gasteiger partial charge is 0.133 e. The zero-order chi connectivity index (χ0) is 11.5. The molecule has 0 aromatic rings. The molecule has 0 amide bonds. The van der Waals surface area contributed by atoms with E-state index in [0.717, 1.165) is 31.6 Å². The summed E-state index contributed by atoms with van der Waals surface area (Å²) >= 11 is 0. The number of hydrogen-bond acceptors (Lipinski definition) is 2. The van der Waals surface area contributed by atoms with Gasteiger partial charge in [-0.05, 0) is 43.9 Å². The molecule has 0 aromatic heterocycles. The molecule has 3 atom stereocenters. The van der Waals surface area contributed by atoms with Gasteiger partial charge in [-0.3, -0.25) is 4.79 Å². The maximum atomic E-state index is 11.4. The van der Waals surface area contributed by atoms with E-state index in [2.05, 4.69) is 0 Å². The Labute approximate surface area is 97.8 Å². The third kappa shape index (κ3) is 2.72. The second-order valence-corrected chi connectivity index (χ2v) is 5.66. The van der Waals surface area contributed by atoms with Gasteiger partial charge in [0.25, 0.3) is 0 Å². The van der Waals surface area contributed by atoms with Crippen molar-refractivity contribution in [1.29, 1.82) is 0 Å². The monoisotopic (exact) mass is 222 g/mol. The standard InChI is InChI=1S/C14H22O2/c1-10(15)4-2-3-5-11-6-7-12-8-13(16)9-14(11)12/h11-12,14H,2-9H2,1H3. The van der Waals surface area contributed by atoms with Crippen LogP contribution in [0.2, 0.25) is 0 Å². The van der Waals surface area contributed by atoms with Crippen LogP contribution in [0.3, 0.4) is 0 Å². The first kappa shape index (κ1) is 11.8. The van der Waals surface area contributed by atoms with Crippen LogP contribution in [0.15, 0.2) is 0 Å². The molecule has 0 spiro atoms. The highest BCUT2D eigenvalue weighted by Gasteiger charge is 2.41. The van der Waals surface area contributed by atoms with Gasteiger partial charge in [-0.15, -0.1) is 0 Å². The number of rotatable bonds is 5. The molecule has 2 aliphatic rings. The van der Waals surface area contributed by atoms with Crippen LogP contribution in [0.1, 0.15) is 58.3 Å². The van der Waals surface area contributed by atoms with Crippen molar-refractivity contribution in [3.05, 3.63) is 0 Å². The molecule has 16 heavy (non-hydrogen) atoms. The Bertz CT molecular complexity index is 282. The van der Waals surface area contributed by atoms with E-state index >= 15 is 0 Å². The fraction of sp³-hybridized carbons (Fsp3) is 0.857. The molecule has 2 rings (SSSR count). The van der Waals surface area contributed by atoms with Gasteiger partial charge in [0.05, 0.1) is 0 Å². The topological polar surface area (TPSA) is 34.1 Å². The summed E-state index contributed by atoms with van der Waals surface area (Å²) in [5, 5.41) is 0. The largest absolute Gasteiger partial charge is 0.300 e. The Morgan fingerprint density at radius 1 is 1.25 bits per heavy atom. The summed E-state index contributed by atoms with van der Waals surface area (Å²) in [5.41, 5.74) is 0. The minimum atomic E-state index is 0.306. The van der Waals surface area contributed by atoms with Crippen molar-refractivity contribution in [1.82, 2.24) is 0 Å². The van der Waals surface area contributed by atoms with Crippen LogP contribution in [-0.2, 0) is 9.59 Å². The van der Waals surface area contributed by atoms with Crippen molar-refractivity contribution in [3.8, 4) is 0 Å². The fourth-order valence-corrected chi connectivity index (χ4v) is 3.61. The molecule has 0 saturated heterocycles. The molecule has 2 aliphatic carbocycles. The van der Waals surface area contributed by atoms with E-state index < -0.39 is 0 Å². The molecule has 2 saturated carbocycles. The van der Waals surface area contributed by atoms with Gasteiger partial charge in [0.1, 0.15) is 11.6 Å². The van der Waals surface area contributed by atoms with E-state index in [1.165, 1.54) is 25.7 Å². The Kier molecular flexibility index (Phi) is 3.78. The van der Waals surface area contributed by atoms with Gasteiger partial charge in [-0.25, -0.2) is 0 Å². The van der Waals surface area contributed by atoms with E-state index in [9.17, 15) is 9.59 Å². The molecule has 0 aliphatic heterocycles. The first-order valence-electron chi connectivity index (χ1n) is 6.68. The Hall–Kier alpha value is -0.660. The van der Waals surface area contributed by atoms with Gasteiger partial charge < -0.3 is 4.79 Å². The van der Waals surface area contributed by atoms with E-state index in [-0.39, 0.29) is 0 Å². The summed E-state index contributed by atoms with van der Waals surface area (Å²) in [5.74, 6) is 2.99. The highest BCUT2D eigenvalue weighted by atomic mass is 16.1. The van der Waals surface area contributed by atoms with Crippen molar-refractivity contribution in [3.63, 3.8) is 0 Å². The van der Waals surface area contributed by atoms with Crippen LogP contribution in [0.4, 0.5) is 0 Å². The van der Waals surface area contributed by atoms with Crippen LogP contribution in [0, 0.1) is 17.8 Å². The molecule has 0 radical (unpaired) electrons. The Morgan fingerprint density at radius 2 is 2.06 bits per heavy atom. The van der Waals surface area contributed by atoms with Crippen molar-refractivity contribution >= 4 is 11.6 Å². The maximum absolute atomic E-state index is 11.4. The third-order valence-corrected chi connectivity index (χ3v) is 4.43. The lowest BCUT2D eigenvalue weighted by atomic mass is 9.88. The van der Waals surface area contributed by atoms with Gasteiger partial charge in [0.15, 0.2) is 0 Å².